The Kier molecular flexibility index (Phi) is 2.11. The zero-order valence-corrected chi connectivity index (χ0v) is 8.07. The maximum Gasteiger partial charge on any atom is 0.336 e. The summed E-state index contributed by atoms with van der Waals surface area (Å²) in [6.45, 7) is 2.05. The fourth-order valence-electron chi connectivity index (χ4n) is 1.29. The van der Waals surface area contributed by atoms with Gasteiger partial charge in [-0.3, -0.25) is 10.1 Å². The van der Waals surface area contributed by atoms with Gasteiger partial charge in [0.05, 0.1) is 7.11 Å². The van der Waals surface area contributed by atoms with Crippen molar-refractivity contribution in [3.05, 3.63) is 0 Å². The molecule has 14 heavy (non-hydrogen) atoms. The molecule has 0 spiro atoms. The first-order valence-corrected chi connectivity index (χ1v) is 4.48. The average Bonchev–Trinajstić information content (AvgIpc) is 2.74. The summed E-state index contributed by atoms with van der Waals surface area (Å²) in [4.78, 5) is 15.3. The molecule has 2 N–H and O–H groups in total. The van der Waals surface area contributed by atoms with Crippen molar-refractivity contribution < 1.29 is 9.53 Å². The molecule has 1 heterocycles. The minimum atomic E-state index is -0.00342. The quantitative estimate of drug-likeness (QED) is 0.733. The molecule has 1 fully saturated rings. The van der Waals surface area contributed by atoms with Crippen LogP contribution in [0.5, 0.6) is 6.01 Å². The lowest BCUT2D eigenvalue weighted by molar-refractivity contribution is -0.117. The standard InChI is InChI=1S/C8H12N4O2/c1-4-3-5(4)6(13)9-7-10-8(14-2)12-11-7/h4-5H,3H2,1-2H3,(H2,9,10,11,12,13). The zero-order chi connectivity index (χ0) is 10.1. The van der Waals surface area contributed by atoms with Crippen LogP contribution in [0.1, 0.15) is 13.3 Å². The number of amides is 1. The molecular weight excluding hydrogens is 184 g/mol. The minimum absolute atomic E-state index is 0.00342. The van der Waals surface area contributed by atoms with Crippen LogP contribution in [0.25, 0.3) is 0 Å². The van der Waals surface area contributed by atoms with Gasteiger partial charge >= 0.3 is 6.01 Å². The van der Waals surface area contributed by atoms with E-state index in [-0.39, 0.29) is 17.8 Å². The monoisotopic (exact) mass is 196 g/mol. The number of H-pyrrole nitrogens is 1. The van der Waals surface area contributed by atoms with Crippen LogP contribution in [0.3, 0.4) is 0 Å². The number of carbonyl (C=O) groups excluding carboxylic acids is 1. The lowest BCUT2D eigenvalue weighted by Gasteiger charge is -1.97. The number of nitrogens with one attached hydrogen (secondary N) is 2. The van der Waals surface area contributed by atoms with Crippen molar-refractivity contribution in [1.82, 2.24) is 15.2 Å². The molecule has 2 rings (SSSR count). The molecule has 0 aromatic carbocycles. The molecule has 0 saturated heterocycles. The van der Waals surface area contributed by atoms with Crippen LogP contribution >= 0.6 is 0 Å². The van der Waals surface area contributed by atoms with Gasteiger partial charge in [0.25, 0.3) is 0 Å². The fourth-order valence-corrected chi connectivity index (χ4v) is 1.29. The molecule has 1 aliphatic carbocycles. The molecule has 1 aliphatic rings. The summed E-state index contributed by atoms with van der Waals surface area (Å²) in [5, 5.41) is 8.92. The number of rotatable bonds is 3. The van der Waals surface area contributed by atoms with Crippen molar-refractivity contribution in [2.75, 3.05) is 12.4 Å². The van der Waals surface area contributed by atoms with E-state index in [1.165, 1.54) is 7.11 Å². The summed E-state index contributed by atoms with van der Waals surface area (Å²) in [6, 6.07) is 0.226. The molecule has 0 radical (unpaired) electrons. The van der Waals surface area contributed by atoms with Gasteiger partial charge in [-0.2, -0.15) is 4.98 Å². The first kappa shape index (κ1) is 8.98. The molecule has 0 bridgehead atoms. The normalized spacial score (nSPS) is 24.4. The van der Waals surface area contributed by atoms with Gasteiger partial charge in [0, 0.05) is 5.92 Å². The van der Waals surface area contributed by atoms with Crippen molar-refractivity contribution in [3.8, 4) is 6.01 Å². The first-order chi connectivity index (χ1) is 6.70. The van der Waals surface area contributed by atoms with Gasteiger partial charge in [-0.15, -0.1) is 5.10 Å². The number of aromatic nitrogens is 3. The third-order valence-electron chi connectivity index (χ3n) is 2.34. The van der Waals surface area contributed by atoms with Gasteiger partial charge in [-0.1, -0.05) is 6.92 Å². The zero-order valence-electron chi connectivity index (χ0n) is 8.07. The van der Waals surface area contributed by atoms with Gasteiger partial charge in [-0.05, 0) is 12.3 Å². The second-order valence-electron chi connectivity index (χ2n) is 3.48. The van der Waals surface area contributed by atoms with Crippen molar-refractivity contribution in [2.45, 2.75) is 13.3 Å². The Bertz CT molecular complexity index is 349. The van der Waals surface area contributed by atoms with Crippen molar-refractivity contribution in [3.63, 3.8) is 0 Å². The van der Waals surface area contributed by atoms with Gasteiger partial charge in [-0.25, -0.2) is 5.10 Å². The van der Waals surface area contributed by atoms with E-state index in [0.717, 1.165) is 6.42 Å². The Morgan fingerprint density at radius 3 is 2.93 bits per heavy atom. The summed E-state index contributed by atoms with van der Waals surface area (Å²) in [7, 11) is 1.47. The topological polar surface area (TPSA) is 79.9 Å². The van der Waals surface area contributed by atoms with E-state index in [1.54, 1.807) is 0 Å². The van der Waals surface area contributed by atoms with Gasteiger partial charge in [0.1, 0.15) is 0 Å². The number of ether oxygens (including phenoxy) is 1. The Morgan fingerprint density at radius 2 is 2.43 bits per heavy atom. The van der Waals surface area contributed by atoms with Crippen LogP contribution in [0, 0.1) is 11.8 Å². The van der Waals surface area contributed by atoms with E-state index in [2.05, 4.69) is 20.5 Å². The highest BCUT2D eigenvalue weighted by molar-refractivity contribution is 5.92. The molecule has 6 heteroatoms. The third-order valence-corrected chi connectivity index (χ3v) is 2.34. The molecule has 1 aromatic heterocycles. The van der Waals surface area contributed by atoms with Gasteiger partial charge < -0.3 is 4.74 Å². The number of hydrogen-bond donors (Lipinski definition) is 2. The molecule has 1 saturated carbocycles. The molecule has 1 aromatic rings. The fraction of sp³-hybridized carbons (Fsp3) is 0.625. The first-order valence-electron chi connectivity index (χ1n) is 4.48. The van der Waals surface area contributed by atoms with Crippen molar-refractivity contribution in [1.29, 1.82) is 0 Å². The molecule has 6 nitrogen and oxygen atoms in total. The maximum absolute atomic E-state index is 11.4. The number of carbonyl (C=O) groups is 1. The van der Waals surface area contributed by atoms with Crippen LogP contribution in [0.2, 0.25) is 0 Å². The highest BCUT2D eigenvalue weighted by Crippen LogP contribution is 2.38. The minimum Gasteiger partial charge on any atom is -0.466 e. The van der Waals surface area contributed by atoms with E-state index in [4.69, 9.17) is 4.74 Å². The third kappa shape index (κ3) is 1.68. The van der Waals surface area contributed by atoms with Gasteiger partial charge in [0.2, 0.25) is 11.9 Å². The maximum atomic E-state index is 11.4. The lowest BCUT2D eigenvalue weighted by Crippen LogP contribution is -2.15. The smallest absolute Gasteiger partial charge is 0.336 e. The van der Waals surface area contributed by atoms with Crippen molar-refractivity contribution in [2.24, 2.45) is 11.8 Å². The second kappa shape index (κ2) is 3.28. The molecule has 76 valence electrons. The van der Waals surface area contributed by atoms with Crippen LogP contribution in [0.4, 0.5) is 5.95 Å². The highest BCUT2D eigenvalue weighted by atomic mass is 16.5. The average molecular weight is 196 g/mol. The molecular formula is C8H12N4O2. The predicted octanol–water partition coefficient (Wildman–Crippen LogP) is 0.408. The predicted molar refractivity (Wildman–Crippen MR) is 48.8 cm³/mol. The van der Waals surface area contributed by atoms with Gasteiger partial charge in [0.15, 0.2) is 0 Å². The summed E-state index contributed by atoms with van der Waals surface area (Å²) in [6.07, 6.45) is 0.955. The van der Waals surface area contributed by atoms with E-state index >= 15 is 0 Å². The van der Waals surface area contributed by atoms with Crippen LogP contribution in [-0.2, 0) is 4.79 Å². The summed E-state index contributed by atoms with van der Waals surface area (Å²) in [5.74, 6) is 0.952. The molecule has 2 unspecified atom stereocenters. The summed E-state index contributed by atoms with van der Waals surface area (Å²) in [5.41, 5.74) is 0. The van der Waals surface area contributed by atoms with E-state index in [1.807, 2.05) is 6.92 Å². The molecule has 0 aliphatic heterocycles. The van der Waals surface area contributed by atoms with Crippen LogP contribution < -0.4 is 10.1 Å². The summed E-state index contributed by atoms with van der Waals surface area (Å²) >= 11 is 0. The lowest BCUT2D eigenvalue weighted by atomic mass is 10.3. The largest absolute Gasteiger partial charge is 0.466 e. The number of anilines is 1. The SMILES string of the molecule is COc1n[nH]c(NC(=O)C2CC2C)n1. The summed E-state index contributed by atoms with van der Waals surface area (Å²) < 4.78 is 4.77. The second-order valence-corrected chi connectivity index (χ2v) is 3.48. The van der Waals surface area contributed by atoms with Crippen LogP contribution in [0.15, 0.2) is 0 Å². The van der Waals surface area contributed by atoms with Crippen molar-refractivity contribution >= 4 is 11.9 Å². The van der Waals surface area contributed by atoms with Crippen LogP contribution in [-0.4, -0.2) is 28.2 Å². The Labute approximate surface area is 81.1 Å². The Morgan fingerprint density at radius 1 is 1.71 bits per heavy atom. The molecule has 2 atom stereocenters. The number of hydrogen-bond acceptors (Lipinski definition) is 4. The molecule has 1 amide bonds. The number of aromatic amines is 1. The Hall–Kier alpha value is -1.59. The van der Waals surface area contributed by atoms with E-state index in [0.29, 0.717) is 11.9 Å². The van der Waals surface area contributed by atoms with E-state index < -0.39 is 0 Å². The van der Waals surface area contributed by atoms with E-state index in [9.17, 15) is 4.79 Å². The Balaban J connectivity index is 1.93. The number of nitrogens with zero attached hydrogens (tertiary/aromatic N) is 2. The number of methoxy groups -OCH3 is 1. The highest BCUT2D eigenvalue weighted by Gasteiger charge is 2.39.